The van der Waals surface area contributed by atoms with E-state index in [0.717, 1.165) is 6.42 Å². The van der Waals surface area contributed by atoms with E-state index in [4.69, 9.17) is 15.6 Å². The number of hydrogen-bond acceptors (Lipinski definition) is 4. The van der Waals surface area contributed by atoms with E-state index in [1.807, 2.05) is 0 Å². The topological polar surface area (TPSA) is 102 Å². The maximum atomic E-state index is 11.5. The highest BCUT2D eigenvalue weighted by Crippen LogP contribution is 2.22. The van der Waals surface area contributed by atoms with Gasteiger partial charge in [0, 0.05) is 6.54 Å². The zero-order chi connectivity index (χ0) is 15.1. The summed E-state index contributed by atoms with van der Waals surface area (Å²) in [5, 5.41) is 11.5. The van der Waals surface area contributed by atoms with Crippen LogP contribution in [0.3, 0.4) is 0 Å². The van der Waals surface area contributed by atoms with Gasteiger partial charge in [0.05, 0.1) is 11.3 Å². The number of carboxylic acids is 1. The summed E-state index contributed by atoms with van der Waals surface area (Å²) in [6.45, 7) is 4.61. The lowest BCUT2D eigenvalue weighted by Crippen LogP contribution is -2.30. The highest BCUT2D eigenvalue weighted by atomic mass is 16.5. The number of ether oxygens (including phenoxy) is 1. The van der Waals surface area contributed by atoms with Gasteiger partial charge in [-0.2, -0.15) is 0 Å². The third kappa shape index (κ3) is 5.17. The number of anilines is 1. The molecule has 4 N–H and O–H groups in total. The molecule has 1 aromatic carbocycles. The highest BCUT2D eigenvalue weighted by molar-refractivity contribution is 5.89. The van der Waals surface area contributed by atoms with Gasteiger partial charge in [-0.1, -0.05) is 13.8 Å². The summed E-state index contributed by atoms with van der Waals surface area (Å²) in [5.41, 5.74) is 5.94. The third-order valence-electron chi connectivity index (χ3n) is 2.66. The first-order chi connectivity index (χ1) is 9.40. The van der Waals surface area contributed by atoms with E-state index >= 15 is 0 Å². The SMILES string of the molecule is CC(C)CCNC(=O)COc1ccc(C(=O)O)cc1N. The molecule has 0 fully saturated rings. The highest BCUT2D eigenvalue weighted by Gasteiger charge is 2.09. The summed E-state index contributed by atoms with van der Waals surface area (Å²) in [7, 11) is 0. The van der Waals surface area contributed by atoms with E-state index in [1.54, 1.807) is 0 Å². The molecule has 0 atom stereocenters. The van der Waals surface area contributed by atoms with Gasteiger partial charge in [0.2, 0.25) is 0 Å². The zero-order valence-electron chi connectivity index (χ0n) is 11.7. The molecular weight excluding hydrogens is 260 g/mol. The molecule has 1 rings (SSSR count). The Morgan fingerprint density at radius 2 is 2.10 bits per heavy atom. The van der Waals surface area contributed by atoms with Gasteiger partial charge >= 0.3 is 5.97 Å². The molecular formula is C14H20N2O4. The summed E-state index contributed by atoms with van der Waals surface area (Å²) in [6, 6.07) is 4.12. The minimum absolute atomic E-state index is 0.0798. The Bertz CT molecular complexity index is 486. The second-order valence-electron chi connectivity index (χ2n) is 4.88. The molecule has 0 unspecified atom stereocenters. The van der Waals surface area contributed by atoms with E-state index in [2.05, 4.69) is 19.2 Å². The molecule has 0 aliphatic heterocycles. The fourth-order valence-electron chi connectivity index (χ4n) is 1.51. The van der Waals surface area contributed by atoms with Crippen molar-refractivity contribution < 1.29 is 19.4 Å². The van der Waals surface area contributed by atoms with Crippen LogP contribution in [0.1, 0.15) is 30.6 Å². The lowest BCUT2D eigenvalue weighted by Gasteiger charge is -2.10. The van der Waals surface area contributed by atoms with Gasteiger partial charge in [0.25, 0.3) is 5.91 Å². The molecule has 0 aromatic heterocycles. The molecule has 0 aliphatic rings. The van der Waals surface area contributed by atoms with Crippen LogP contribution < -0.4 is 15.8 Å². The number of benzene rings is 1. The number of nitrogen functional groups attached to an aromatic ring is 1. The van der Waals surface area contributed by atoms with E-state index in [1.165, 1.54) is 18.2 Å². The van der Waals surface area contributed by atoms with Crippen LogP contribution in [0.25, 0.3) is 0 Å². The fraction of sp³-hybridized carbons (Fsp3) is 0.429. The molecule has 6 heteroatoms. The van der Waals surface area contributed by atoms with Crippen LogP contribution in [0.2, 0.25) is 0 Å². The minimum atomic E-state index is -1.06. The van der Waals surface area contributed by atoms with Crippen molar-refractivity contribution in [3.05, 3.63) is 23.8 Å². The van der Waals surface area contributed by atoms with Gasteiger partial charge in [-0.3, -0.25) is 4.79 Å². The molecule has 0 heterocycles. The zero-order valence-corrected chi connectivity index (χ0v) is 11.7. The lowest BCUT2D eigenvalue weighted by atomic mass is 10.1. The number of nitrogens with two attached hydrogens (primary N) is 1. The second kappa shape index (κ2) is 7.37. The molecule has 0 saturated heterocycles. The van der Waals surface area contributed by atoms with Crippen molar-refractivity contribution in [3.63, 3.8) is 0 Å². The molecule has 0 bridgehead atoms. The summed E-state index contributed by atoms with van der Waals surface area (Å²) in [6.07, 6.45) is 0.904. The first-order valence-corrected chi connectivity index (χ1v) is 6.42. The van der Waals surface area contributed by atoms with Gasteiger partial charge in [-0.15, -0.1) is 0 Å². The molecule has 0 radical (unpaired) electrons. The maximum Gasteiger partial charge on any atom is 0.335 e. The van der Waals surface area contributed by atoms with Gasteiger partial charge in [-0.25, -0.2) is 4.79 Å². The number of carboxylic acid groups (broad SMARTS) is 1. The van der Waals surface area contributed by atoms with Crippen LogP contribution in [0.5, 0.6) is 5.75 Å². The van der Waals surface area contributed by atoms with Crippen LogP contribution in [0, 0.1) is 5.92 Å². The van der Waals surface area contributed by atoms with Crippen molar-refractivity contribution in [2.24, 2.45) is 5.92 Å². The Hall–Kier alpha value is -2.24. The summed E-state index contributed by atoms with van der Waals surface area (Å²) >= 11 is 0. The number of nitrogens with one attached hydrogen (secondary N) is 1. The number of carbonyl (C=O) groups is 2. The first-order valence-electron chi connectivity index (χ1n) is 6.42. The van der Waals surface area contributed by atoms with Crippen molar-refractivity contribution >= 4 is 17.6 Å². The summed E-state index contributed by atoms with van der Waals surface area (Å²) in [4.78, 5) is 22.3. The standard InChI is InChI=1S/C14H20N2O4/c1-9(2)5-6-16-13(17)8-20-12-4-3-10(14(18)19)7-11(12)15/h3-4,7,9H,5-6,8,15H2,1-2H3,(H,16,17)(H,18,19). The molecule has 0 saturated carbocycles. The minimum Gasteiger partial charge on any atom is -0.482 e. The normalized spacial score (nSPS) is 10.3. The van der Waals surface area contributed by atoms with Crippen LogP contribution >= 0.6 is 0 Å². The van der Waals surface area contributed by atoms with Crippen LogP contribution in [0.4, 0.5) is 5.69 Å². The van der Waals surface area contributed by atoms with E-state index in [9.17, 15) is 9.59 Å². The Kier molecular flexibility index (Phi) is 5.83. The van der Waals surface area contributed by atoms with Crippen LogP contribution in [-0.4, -0.2) is 30.1 Å². The van der Waals surface area contributed by atoms with Crippen molar-refractivity contribution in [3.8, 4) is 5.75 Å². The number of amides is 1. The number of rotatable bonds is 7. The first kappa shape index (κ1) is 15.8. The molecule has 0 spiro atoms. The van der Waals surface area contributed by atoms with E-state index in [-0.39, 0.29) is 23.8 Å². The van der Waals surface area contributed by atoms with Gasteiger partial charge in [0.1, 0.15) is 5.75 Å². The monoisotopic (exact) mass is 280 g/mol. The smallest absolute Gasteiger partial charge is 0.335 e. The van der Waals surface area contributed by atoms with E-state index in [0.29, 0.717) is 18.2 Å². The molecule has 110 valence electrons. The average molecular weight is 280 g/mol. The van der Waals surface area contributed by atoms with Crippen molar-refractivity contribution in [1.82, 2.24) is 5.32 Å². The number of aromatic carboxylic acids is 1. The maximum absolute atomic E-state index is 11.5. The number of carbonyl (C=O) groups excluding carboxylic acids is 1. The van der Waals surface area contributed by atoms with Gasteiger partial charge in [-0.05, 0) is 30.5 Å². The Labute approximate surface area is 117 Å². The fourth-order valence-corrected chi connectivity index (χ4v) is 1.51. The van der Waals surface area contributed by atoms with Gasteiger partial charge in [0.15, 0.2) is 6.61 Å². The van der Waals surface area contributed by atoms with Crippen molar-refractivity contribution in [1.29, 1.82) is 0 Å². The quantitative estimate of drug-likeness (QED) is 0.657. The third-order valence-corrected chi connectivity index (χ3v) is 2.66. The van der Waals surface area contributed by atoms with Crippen molar-refractivity contribution in [2.75, 3.05) is 18.9 Å². The molecule has 6 nitrogen and oxygen atoms in total. The Morgan fingerprint density at radius 1 is 1.40 bits per heavy atom. The predicted molar refractivity (Wildman–Crippen MR) is 75.8 cm³/mol. The second-order valence-corrected chi connectivity index (χ2v) is 4.88. The van der Waals surface area contributed by atoms with Crippen LogP contribution in [-0.2, 0) is 4.79 Å². The molecule has 1 amide bonds. The molecule has 0 aliphatic carbocycles. The Morgan fingerprint density at radius 3 is 2.65 bits per heavy atom. The molecule has 20 heavy (non-hydrogen) atoms. The van der Waals surface area contributed by atoms with Gasteiger partial charge < -0.3 is 20.9 Å². The average Bonchev–Trinajstić information content (AvgIpc) is 2.36. The Balaban J connectivity index is 2.45. The summed E-state index contributed by atoms with van der Waals surface area (Å²) < 4.78 is 5.26. The molecule has 1 aromatic rings. The van der Waals surface area contributed by atoms with E-state index < -0.39 is 5.97 Å². The van der Waals surface area contributed by atoms with Crippen molar-refractivity contribution in [2.45, 2.75) is 20.3 Å². The van der Waals surface area contributed by atoms with Crippen LogP contribution in [0.15, 0.2) is 18.2 Å². The predicted octanol–water partition coefficient (Wildman–Crippen LogP) is 1.51. The number of hydrogen-bond donors (Lipinski definition) is 3. The lowest BCUT2D eigenvalue weighted by molar-refractivity contribution is -0.123. The summed E-state index contributed by atoms with van der Waals surface area (Å²) in [5.74, 6) is -0.466. The largest absolute Gasteiger partial charge is 0.482 e.